The van der Waals surface area contributed by atoms with Gasteiger partial charge < -0.3 is 21.1 Å². The molecule has 0 radical (unpaired) electrons. The van der Waals surface area contributed by atoms with Crippen molar-refractivity contribution in [1.82, 2.24) is 10.3 Å². The number of aromatic nitrogens is 1. The molecule has 1 aromatic carbocycles. The van der Waals surface area contributed by atoms with Crippen molar-refractivity contribution in [3.05, 3.63) is 30.5 Å². The van der Waals surface area contributed by atoms with Crippen molar-refractivity contribution >= 4 is 28.2 Å². The number of para-hydroxylation sites is 1. The van der Waals surface area contributed by atoms with Gasteiger partial charge in [0, 0.05) is 19.0 Å². The maximum atomic E-state index is 12.0. The molecule has 0 saturated carbocycles. The lowest BCUT2D eigenvalue weighted by atomic mass is 10.1. The van der Waals surface area contributed by atoms with E-state index in [1.54, 1.807) is 20.2 Å². The molecule has 0 saturated heterocycles. The van der Waals surface area contributed by atoms with Crippen molar-refractivity contribution in [2.24, 2.45) is 0 Å². The number of nitrogens with zero attached hydrogens (tertiary/aromatic N) is 1. The predicted octanol–water partition coefficient (Wildman–Crippen LogP) is 1.38. The van der Waals surface area contributed by atoms with E-state index >= 15 is 0 Å². The van der Waals surface area contributed by atoms with Crippen LogP contribution < -0.4 is 16.4 Å². The number of pyridine rings is 1. The van der Waals surface area contributed by atoms with E-state index in [0.29, 0.717) is 18.8 Å². The standard InChI is InChI=1S/C15H20N4O2/c1-10(15(20)17-7-8-21-2)19-14-11-5-3-4-6-13(11)18-9-12(14)16/h3-6,9-10H,7-8,16H2,1-2H3,(H,17,20)(H,18,19). The fraction of sp³-hybridized carbons (Fsp3) is 0.333. The van der Waals surface area contributed by atoms with Crippen LogP contribution in [0.15, 0.2) is 30.5 Å². The van der Waals surface area contributed by atoms with Gasteiger partial charge in [-0.1, -0.05) is 18.2 Å². The summed E-state index contributed by atoms with van der Waals surface area (Å²) in [5.41, 5.74) is 8.06. The first-order valence-electron chi connectivity index (χ1n) is 6.80. The Labute approximate surface area is 123 Å². The van der Waals surface area contributed by atoms with E-state index in [4.69, 9.17) is 10.5 Å². The molecule has 1 amide bonds. The number of ether oxygens (including phenoxy) is 1. The Morgan fingerprint density at radius 3 is 2.95 bits per heavy atom. The lowest BCUT2D eigenvalue weighted by Crippen LogP contribution is -2.39. The Kier molecular flexibility index (Phi) is 4.94. The first-order valence-corrected chi connectivity index (χ1v) is 6.80. The molecule has 112 valence electrons. The largest absolute Gasteiger partial charge is 0.396 e. The minimum absolute atomic E-state index is 0.104. The number of nitrogen functional groups attached to an aromatic ring is 1. The Balaban J connectivity index is 2.15. The molecule has 6 heteroatoms. The summed E-state index contributed by atoms with van der Waals surface area (Å²) in [5, 5.41) is 6.85. The predicted molar refractivity (Wildman–Crippen MR) is 84.1 cm³/mol. The number of nitrogens with two attached hydrogens (primary N) is 1. The molecule has 0 fully saturated rings. The van der Waals surface area contributed by atoms with Gasteiger partial charge in [-0.15, -0.1) is 0 Å². The van der Waals surface area contributed by atoms with Gasteiger partial charge in [0.1, 0.15) is 6.04 Å². The molecule has 6 nitrogen and oxygen atoms in total. The summed E-state index contributed by atoms with van der Waals surface area (Å²) in [6.07, 6.45) is 1.60. The summed E-state index contributed by atoms with van der Waals surface area (Å²) < 4.78 is 4.90. The number of hydrogen-bond donors (Lipinski definition) is 3. The molecule has 0 aliphatic heterocycles. The number of hydrogen-bond acceptors (Lipinski definition) is 5. The van der Waals surface area contributed by atoms with Crippen LogP contribution >= 0.6 is 0 Å². The summed E-state index contributed by atoms with van der Waals surface area (Å²) in [5.74, 6) is -0.104. The van der Waals surface area contributed by atoms with Crippen LogP contribution in [-0.4, -0.2) is 37.2 Å². The van der Waals surface area contributed by atoms with Crippen molar-refractivity contribution in [2.45, 2.75) is 13.0 Å². The van der Waals surface area contributed by atoms with Crippen LogP contribution in [0.4, 0.5) is 11.4 Å². The second-order valence-corrected chi connectivity index (χ2v) is 4.76. The number of carbonyl (C=O) groups is 1. The van der Waals surface area contributed by atoms with E-state index in [1.165, 1.54) is 0 Å². The van der Waals surface area contributed by atoms with Crippen molar-refractivity contribution < 1.29 is 9.53 Å². The van der Waals surface area contributed by atoms with Gasteiger partial charge in [0.25, 0.3) is 0 Å². The highest BCUT2D eigenvalue weighted by Gasteiger charge is 2.15. The Hall–Kier alpha value is -2.34. The van der Waals surface area contributed by atoms with Gasteiger partial charge in [0.05, 0.1) is 29.7 Å². The first kappa shape index (κ1) is 15.1. The second kappa shape index (κ2) is 6.90. The van der Waals surface area contributed by atoms with Gasteiger partial charge in [0.15, 0.2) is 0 Å². The van der Waals surface area contributed by atoms with Crippen molar-refractivity contribution in [1.29, 1.82) is 0 Å². The fourth-order valence-corrected chi connectivity index (χ4v) is 2.03. The van der Waals surface area contributed by atoms with Crippen molar-refractivity contribution in [3.63, 3.8) is 0 Å². The van der Waals surface area contributed by atoms with E-state index in [9.17, 15) is 4.79 Å². The topological polar surface area (TPSA) is 89.3 Å². The average Bonchev–Trinajstić information content (AvgIpc) is 2.50. The number of fused-ring (bicyclic) bond motifs is 1. The summed E-state index contributed by atoms with van der Waals surface area (Å²) >= 11 is 0. The van der Waals surface area contributed by atoms with E-state index in [2.05, 4.69) is 15.6 Å². The fourth-order valence-electron chi connectivity index (χ4n) is 2.03. The molecule has 4 N–H and O–H groups in total. The van der Waals surface area contributed by atoms with Crippen LogP contribution in [-0.2, 0) is 9.53 Å². The van der Waals surface area contributed by atoms with Crippen molar-refractivity contribution in [2.75, 3.05) is 31.3 Å². The number of methoxy groups -OCH3 is 1. The smallest absolute Gasteiger partial charge is 0.242 e. The maximum Gasteiger partial charge on any atom is 0.242 e. The molecule has 21 heavy (non-hydrogen) atoms. The monoisotopic (exact) mass is 288 g/mol. The zero-order valence-electron chi connectivity index (χ0n) is 12.2. The molecule has 1 atom stereocenters. The third-order valence-corrected chi connectivity index (χ3v) is 3.16. The van der Waals surface area contributed by atoms with Crippen molar-refractivity contribution in [3.8, 4) is 0 Å². The number of anilines is 2. The summed E-state index contributed by atoms with van der Waals surface area (Å²) in [4.78, 5) is 16.3. The summed E-state index contributed by atoms with van der Waals surface area (Å²) in [6.45, 7) is 2.75. The highest BCUT2D eigenvalue weighted by atomic mass is 16.5. The third-order valence-electron chi connectivity index (χ3n) is 3.16. The molecule has 1 aromatic heterocycles. The molecule has 1 heterocycles. The SMILES string of the molecule is COCCNC(=O)C(C)Nc1c(N)cnc2ccccc12. The molecular formula is C15H20N4O2. The normalized spacial score (nSPS) is 12.1. The van der Waals surface area contributed by atoms with Crippen LogP contribution in [0.5, 0.6) is 0 Å². The van der Waals surface area contributed by atoms with E-state index in [-0.39, 0.29) is 5.91 Å². The molecule has 0 aliphatic rings. The van der Waals surface area contributed by atoms with Gasteiger partial charge in [-0.3, -0.25) is 9.78 Å². The molecule has 0 spiro atoms. The van der Waals surface area contributed by atoms with Crippen LogP contribution in [0.1, 0.15) is 6.92 Å². The van der Waals surface area contributed by atoms with Crippen LogP contribution in [0.25, 0.3) is 10.9 Å². The zero-order valence-corrected chi connectivity index (χ0v) is 12.2. The number of benzene rings is 1. The minimum atomic E-state index is -0.407. The van der Waals surface area contributed by atoms with Gasteiger partial charge in [-0.2, -0.15) is 0 Å². The Morgan fingerprint density at radius 1 is 1.43 bits per heavy atom. The van der Waals surface area contributed by atoms with E-state index in [1.807, 2.05) is 24.3 Å². The van der Waals surface area contributed by atoms with Gasteiger partial charge in [0.2, 0.25) is 5.91 Å². The highest BCUT2D eigenvalue weighted by molar-refractivity contribution is 5.98. The molecule has 2 aromatic rings. The average molecular weight is 288 g/mol. The molecule has 1 unspecified atom stereocenters. The highest BCUT2D eigenvalue weighted by Crippen LogP contribution is 2.28. The lowest BCUT2D eigenvalue weighted by molar-refractivity contribution is -0.121. The van der Waals surface area contributed by atoms with Crippen LogP contribution in [0.3, 0.4) is 0 Å². The summed E-state index contributed by atoms with van der Waals surface area (Å²) in [6, 6.07) is 7.25. The Morgan fingerprint density at radius 2 is 2.19 bits per heavy atom. The number of rotatable bonds is 6. The van der Waals surface area contributed by atoms with Crippen LogP contribution in [0.2, 0.25) is 0 Å². The van der Waals surface area contributed by atoms with Gasteiger partial charge >= 0.3 is 0 Å². The zero-order chi connectivity index (χ0) is 15.2. The molecule has 0 aliphatic carbocycles. The second-order valence-electron chi connectivity index (χ2n) is 4.76. The quantitative estimate of drug-likeness (QED) is 0.699. The summed E-state index contributed by atoms with van der Waals surface area (Å²) in [7, 11) is 1.59. The van der Waals surface area contributed by atoms with Crippen LogP contribution in [0, 0.1) is 0 Å². The minimum Gasteiger partial charge on any atom is -0.396 e. The number of carbonyl (C=O) groups excluding carboxylic acids is 1. The van der Waals surface area contributed by atoms with E-state index < -0.39 is 6.04 Å². The first-order chi connectivity index (χ1) is 10.1. The molecule has 2 rings (SSSR count). The van der Waals surface area contributed by atoms with Gasteiger partial charge in [-0.05, 0) is 13.0 Å². The molecule has 0 bridgehead atoms. The third kappa shape index (κ3) is 3.61. The van der Waals surface area contributed by atoms with E-state index in [0.717, 1.165) is 16.6 Å². The lowest BCUT2D eigenvalue weighted by Gasteiger charge is -2.18. The van der Waals surface area contributed by atoms with Gasteiger partial charge in [-0.25, -0.2) is 0 Å². The number of amides is 1. The maximum absolute atomic E-state index is 12.0. The Bertz CT molecular complexity index is 630. The number of nitrogens with one attached hydrogen (secondary N) is 2. The molecular weight excluding hydrogens is 268 g/mol.